The van der Waals surface area contributed by atoms with E-state index in [1.54, 1.807) is 11.8 Å². The Bertz CT molecular complexity index is 1180. The minimum Gasteiger partial charge on any atom is -0.497 e. The molecule has 0 spiro atoms. The molecule has 0 fully saturated rings. The van der Waals surface area contributed by atoms with E-state index in [2.05, 4.69) is 15.4 Å². The quantitative estimate of drug-likeness (QED) is 0.449. The summed E-state index contributed by atoms with van der Waals surface area (Å²) in [5, 5.41) is 11.6. The monoisotopic (exact) mass is 440 g/mol. The summed E-state index contributed by atoms with van der Waals surface area (Å²) in [5.74, 6) is 1.27. The van der Waals surface area contributed by atoms with Gasteiger partial charge in [0.2, 0.25) is 0 Å². The fourth-order valence-electron chi connectivity index (χ4n) is 2.89. The summed E-state index contributed by atoms with van der Waals surface area (Å²) in [6, 6.07) is 9.26. The van der Waals surface area contributed by atoms with E-state index >= 15 is 0 Å². The number of aryl methyl sites for hydroxylation is 2. The smallest absolute Gasteiger partial charge is 0.267 e. The van der Waals surface area contributed by atoms with E-state index in [9.17, 15) is 4.79 Å². The average molecular weight is 441 g/mol. The van der Waals surface area contributed by atoms with E-state index in [-0.39, 0.29) is 5.91 Å². The van der Waals surface area contributed by atoms with E-state index in [1.807, 2.05) is 61.3 Å². The third kappa shape index (κ3) is 4.52. The van der Waals surface area contributed by atoms with Gasteiger partial charge < -0.3 is 9.47 Å². The number of thiophene rings is 1. The molecule has 4 aromatic rings. The number of thiazole rings is 1. The van der Waals surface area contributed by atoms with Crippen molar-refractivity contribution in [3.05, 3.63) is 63.4 Å². The van der Waals surface area contributed by atoms with Crippen molar-refractivity contribution in [3.8, 4) is 22.8 Å². The van der Waals surface area contributed by atoms with Crippen molar-refractivity contribution in [2.45, 2.75) is 13.5 Å². The SMILES string of the molecule is COc1cccc(OCc2csc(C(=O)Nc3nc(-c4cn(C)nc4C)cs3)c2)c1. The lowest BCUT2D eigenvalue weighted by atomic mass is 10.2. The molecule has 1 amide bonds. The largest absolute Gasteiger partial charge is 0.497 e. The second-order valence-corrected chi connectivity index (χ2v) is 8.35. The summed E-state index contributed by atoms with van der Waals surface area (Å²) in [4.78, 5) is 17.7. The van der Waals surface area contributed by atoms with Crippen LogP contribution in [-0.4, -0.2) is 27.8 Å². The summed E-state index contributed by atoms with van der Waals surface area (Å²) >= 11 is 2.77. The first-order valence-corrected chi connectivity index (χ1v) is 10.9. The van der Waals surface area contributed by atoms with Crippen molar-refractivity contribution >= 4 is 33.7 Å². The molecular formula is C21H20N4O3S2. The molecule has 0 atom stereocenters. The molecule has 3 heterocycles. The molecule has 0 aliphatic rings. The standard InChI is InChI=1S/C21H20N4O3S2/c1-13-17(9-25(2)24-13)18-12-30-21(22-18)23-20(26)19-7-14(11-29-19)10-28-16-6-4-5-15(8-16)27-3/h4-9,11-12H,10H2,1-3H3,(H,22,23,26). The number of ether oxygens (including phenoxy) is 2. The molecule has 0 bridgehead atoms. The number of carbonyl (C=O) groups is 1. The summed E-state index contributed by atoms with van der Waals surface area (Å²) in [5.41, 5.74) is 3.60. The van der Waals surface area contributed by atoms with E-state index in [0.29, 0.717) is 22.4 Å². The van der Waals surface area contributed by atoms with Crippen LogP contribution in [0.15, 0.2) is 47.3 Å². The van der Waals surface area contributed by atoms with Gasteiger partial charge in [0.1, 0.15) is 18.1 Å². The second kappa shape index (κ2) is 8.68. The topological polar surface area (TPSA) is 78.3 Å². The van der Waals surface area contributed by atoms with Crippen LogP contribution in [0.5, 0.6) is 11.5 Å². The predicted octanol–water partition coefficient (Wildman–Crippen LogP) is 4.75. The van der Waals surface area contributed by atoms with Crippen molar-refractivity contribution < 1.29 is 14.3 Å². The normalized spacial score (nSPS) is 10.8. The van der Waals surface area contributed by atoms with Gasteiger partial charge in [-0.25, -0.2) is 4.98 Å². The fourth-order valence-corrected chi connectivity index (χ4v) is 4.39. The van der Waals surface area contributed by atoms with Gasteiger partial charge in [-0.05, 0) is 30.5 Å². The lowest BCUT2D eigenvalue weighted by Gasteiger charge is -2.06. The van der Waals surface area contributed by atoms with Crippen LogP contribution >= 0.6 is 22.7 Å². The van der Waals surface area contributed by atoms with Crippen LogP contribution in [0.3, 0.4) is 0 Å². The molecule has 1 N–H and O–H groups in total. The van der Waals surface area contributed by atoms with Crippen LogP contribution in [0.2, 0.25) is 0 Å². The molecule has 154 valence electrons. The van der Waals surface area contributed by atoms with Crippen LogP contribution < -0.4 is 14.8 Å². The Balaban J connectivity index is 1.38. The average Bonchev–Trinajstić information content (AvgIpc) is 3.46. The lowest BCUT2D eigenvalue weighted by molar-refractivity contribution is 0.103. The molecule has 1 aromatic carbocycles. The molecule has 0 unspecified atom stereocenters. The second-order valence-electron chi connectivity index (χ2n) is 6.58. The van der Waals surface area contributed by atoms with Crippen LogP contribution in [0.25, 0.3) is 11.3 Å². The number of nitrogens with one attached hydrogen (secondary N) is 1. The van der Waals surface area contributed by atoms with Gasteiger partial charge in [-0.3, -0.25) is 14.8 Å². The number of methoxy groups -OCH3 is 1. The van der Waals surface area contributed by atoms with Crippen LogP contribution in [0.4, 0.5) is 5.13 Å². The van der Waals surface area contributed by atoms with E-state index in [1.165, 1.54) is 22.7 Å². The maximum Gasteiger partial charge on any atom is 0.267 e. The maximum atomic E-state index is 12.6. The Labute approximate surface area is 181 Å². The lowest BCUT2D eigenvalue weighted by Crippen LogP contribution is -2.09. The zero-order chi connectivity index (χ0) is 21.1. The van der Waals surface area contributed by atoms with E-state index in [4.69, 9.17) is 9.47 Å². The number of hydrogen-bond donors (Lipinski definition) is 1. The number of benzene rings is 1. The number of aromatic nitrogens is 3. The first-order chi connectivity index (χ1) is 14.5. The molecule has 9 heteroatoms. The van der Waals surface area contributed by atoms with E-state index < -0.39 is 0 Å². The van der Waals surface area contributed by atoms with Crippen LogP contribution in [0, 0.1) is 6.92 Å². The number of nitrogens with zero attached hydrogens (tertiary/aromatic N) is 3. The number of anilines is 1. The fraction of sp³-hybridized carbons (Fsp3) is 0.190. The number of hydrogen-bond acceptors (Lipinski definition) is 7. The Morgan fingerprint density at radius 3 is 2.80 bits per heavy atom. The Hall–Kier alpha value is -3.17. The maximum absolute atomic E-state index is 12.6. The van der Waals surface area contributed by atoms with E-state index in [0.717, 1.165) is 28.3 Å². The molecular weight excluding hydrogens is 420 g/mol. The van der Waals surface area contributed by atoms with Gasteiger partial charge >= 0.3 is 0 Å². The number of carbonyl (C=O) groups excluding carboxylic acids is 1. The minimum absolute atomic E-state index is 0.184. The third-order valence-electron chi connectivity index (χ3n) is 4.34. The summed E-state index contributed by atoms with van der Waals surface area (Å²) < 4.78 is 12.7. The Morgan fingerprint density at radius 1 is 1.20 bits per heavy atom. The third-order valence-corrected chi connectivity index (χ3v) is 6.07. The number of rotatable bonds is 7. The highest BCUT2D eigenvalue weighted by molar-refractivity contribution is 7.14. The summed E-state index contributed by atoms with van der Waals surface area (Å²) in [7, 11) is 3.49. The Morgan fingerprint density at radius 2 is 2.03 bits per heavy atom. The Kier molecular flexibility index (Phi) is 5.82. The van der Waals surface area contributed by atoms with Crippen molar-refractivity contribution in [2.75, 3.05) is 12.4 Å². The zero-order valence-corrected chi connectivity index (χ0v) is 18.3. The molecule has 7 nitrogen and oxygen atoms in total. The molecule has 4 rings (SSSR count). The molecule has 0 radical (unpaired) electrons. The van der Waals surface area contributed by atoms with Gasteiger partial charge in [-0.1, -0.05) is 6.07 Å². The molecule has 3 aromatic heterocycles. The summed E-state index contributed by atoms with van der Waals surface area (Å²) in [6.45, 7) is 2.31. The highest BCUT2D eigenvalue weighted by Crippen LogP contribution is 2.28. The van der Waals surface area contributed by atoms with Gasteiger partial charge in [0.25, 0.3) is 5.91 Å². The number of amides is 1. The first kappa shape index (κ1) is 20.1. The zero-order valence-electron chi connectivity index (χ0n) is 16.7. The van der Waals surface area contributed by atoms with Crippen molar-refractivity contribution in [1.82, 2.24) is 14.8 Å². The van der Waals surface area contributed by atoms with Crippen LogP contribution in [0.1, 0.15) is 20.9 Å². The highest BCUT2D eigenvalue weighted by Gasteiger charge is 2.14. The molecule has 0 saturated carbocycles. The van der Waals surface area contributed by atoms with Crippen molar-refractivity contribution in [3.63, 3.8) is 0 Å². The highest BCUT2D eigenvalue weighted by atomic mass is 32.1. The van der Waals surface area contributed by atoms with Crippen molar-refractivity contribution in [2.24, 2.45) is 7.05 Å². The van der Waals surface area contributed by atoms with Gasteiger partial charge in [0.15, 0.2) is 5.13 Å². The van der Waals surface area contributed by atoms with Gasteiger partial charge in [-0.15, -0.1) is 22.7 Å². The van der Waals surface area contributed by atoms with Gasteiger partial charge in [-0.2, -0.15) is 5.10 Å². The van der Waals surface area contributed by atoms with Gasteiger partial charge in [0.05, 0.1) is 23.4 Å². The molecule has 0 aliphatic heterocycles. The molecule has 30 heavy (non-hydrogen) atoms. The molecule has 0 saturated heterocycles. The minimum atomic E-state index is -0.184. The predicted molar refractivity (Wildman–Crippen MR) is 119 cm³/mol. The van der Waals surface area contributed by atoms with Crippen LogP contribution in [-0.2, 0) is 13.7 Å². The first-order valence-electron chi connectivity index (χ1n) is 9.13. The molecule has 0 aliphatic carbocycles. The summed E-state index contributed by atoms with van der Waals surface area (Å²) in [6.07, 6.45) is 1.92. The van der Waals surface area contributed by atoms with Crippen molar-refractivity contribution in [1.29, 1.82) is 0 Å². The van der Waals surface area contributed by atoms with Gasteiger partial charge in [0, 0.05) is 35.8 Å².